The highest BCUT2D eigenvalue weighted by atomic mass is 19.4. The van der Waals surface area contributed by atoms with E-state index in [0.29, 0.717) is 31.9 Å². The minimum atomic E-state index is -4.34. The molecule has 0 amide bonds. The van der Waals surface area contributed by atoms with Gasteiger partial charge in [0.1, 0.15) is 6.61 Å². The Bertz CT molecular complexity index is 482. The summed E-state index contributed by atoms with van der Waals surface area (Å²) in [5.41, 5.74) is 1.79. The van der Waals surface area contributed by atoms with Crippen molar-refractivity contribution in [1.29, 1.82) is 0 Å². The number of nitrogens with zero attached hydrogens (tertiary/aromatic N) is 3. The first kappa shape index (κ1) is 16.1. The lowest BCUT2D eigenvalue weighted by molar-refractivity contribution is -0.155. The Morgan fingerprint density at radius 3 is 2.90 bits per heavy atom. The summed E-state index contributed by atoms with van der Waals surface area (Å²) in [6.07, 6.45) is -4.61. The molecule has 1 aromatic rings. The third-order valence-electron chi connectivity index (χ3n) is 3.27. The normalized spacial score (nSPS) is 17.6. The first-order valence-corrected chi connectivity index (χ1v) is 6.67. The second-order valence-corrected chi connectivity index (χ2v) is 5.15. The summed E-state index contributed by atoms with van der Waals surface area (Å²) in [6.45, 7) is 1.36. The molecule has 1 N–H and O–H groups in total. The van der Waals surface area contributed by atoms with Crippen molar-refractivity contribution in [2.75, 3.05) is 20.2 Å². The number of halogens is 3. The Morgan fingerprint density at radius 1 is 1.48 bits per heavy atom. The van der Waals surface area contributed by atoms with Crippen LogP contribution in [0.1, 0.15) is 23.5 Å². The van der Waals surface area contributed by atoms with E-state index in [-0.39, 0.29) is 6.54 Å². The van der Waals surface area contributed by atoms with Crippen LogP contribution in [0.2, 0.25) is 0 Å². The number of aromatic nitrogens is 2. The summed E-state index contributed by atoms with van der Waals surface area (Å²) >= 11 is 0. The van der Waals surface area contributed by atoms with Crippen molar-refractivity contribution >= 4 is 0 Å². The van der Waals surface area contributed by atoms with Crippen molar-refractivity contribution in [3.05, 3.63) is 23.3 Å². The minimum Gasteiger partial charge on any atom is -0.391 e. The van der Waals surface area contributed by atoms with Gasteiger partial charge in [0.05, 0.1) is 12.5 Å². The van der Waals surface area contributed by atoms with Crippen LogP contribution in [-0.2, 0) is 24.3 Å². The summed E-state index contributed by atoms with van der Waals surface area (Å²) in [5.74, 6) is 0.599. The predicted octanol–water partition coefficient (Wildman–Crippen LogP) is 1.29. The van der Waals surface area contributed by atoms with Gasteiger partial charge in [0.15, 0.2) is 5.82 Å². The molecule has 0 saturated carbocycles. The van der Waals surface area contributed by atoms with E-state index in [1.807, 2.05) is 0 Å². The van der Waals surface area contributed by atoms with Crippen molar-refractivity contribution in [2.24, 2.45) is 0 Å². The number of rotatable bonds is 5. The average Bonchev–Trinajstić information content (AvgIpc) is 2.37. The van der Waals surface area contributed by atoms with Crippen LogP contribution in [0, 0.1) is 0 Å². The van der Waals surface area contributed by atoms with Crippen LogP contribution in [-0.4, -0.2) is 52.5 Å². The maximum atomic E-state index is 12.2. The number of hydrogen-bond acceptors (Lipinski definition) is 5. The Morgan fingerprint density at radius 2 is 2.24 bits per heavy atom. The topological polar surface area (TPSA) is 58.5 Å². The second kappa shape index (κ2) is 6.67. The number of aliphatic hydroxyl groups excluding tert-OH is 1. The Kier molecular flexibility index (Phi) is 5.13. The highest BCUT2D eigenvalue weighted by Crippen LogP contribution is 2.23. The molecule has 8 heteroatoms. The quantitative estimate of drug-likeness (QED) is 0.888. The third-order valence-corrected chi connectivity index (χ3v) is 3.27. The largest absolute Gasteiger partial charge is 0.391 e. The molecule has 2 rings (SSSR count). The fraction of sp³-hybridized carbons (Fsp3) is 0.692. The molecule has 0 aliphatic carbocycles. The van der Waals surface area contributed by atoms with Crippen LogP contribution in [0.25, 0.3) is 0 Å². The van der Waals surface area contributed by atoms with Crippen LogP contribution in [0.3, 0.4) is 0 Å². The average molecular weight is 305 g/mol. The van der Waals surface area contributed by atoms with Crippen LogP contribution < -0.4 is 0 Å². The fourth-order valence-corrected chi connectivity index (χ4v) is 2.40. The van der Waals surface area contributed by atoms with Gasteiger partial charge in [0, 0.05) is 50.6 Å². The molecule has 5 nitrogen and oxygen atoms in total. The number of ether oxygens (including phenoxy) is 1. The van der Waals surface area contributed by atoms with Crippen LogP contribution in [0.15, 0.2) is 6.20 Å². The van der Waals surface area contributed by atoms with Gasteiger partial charge in [-0.3, -0.25) is 4.90 Å². The Labute approximate surface area is 120 Å². The van der Waals surface area contributed by atoms with Crippen LogP contribution >= 0.6 is 0 Å². The molecule has 1 aromatic heterocycles. The number of hydrogen-bond donors (Lipinski definition) is 1. The molecule has 1 unspecified atom stereocenters. The number of fused-ring (bicyclic) bond motifs is 1. The lowest BCUT2D eigenvalue weighted by atomic mass is 10.1. The first-order chi connectivity index (χ1) is 9.87. The predicted molar refractivity (Wildman–Crippen MR) is 68.4 cm³/mol. The number of alkyl halides is 3. The zero-order chi connectivity index (χ0) is 15.5. The van der Waals surface area contributed by atoms with Gasteiger partial charge in [-0.2, -0.15) is 13.2 Å². The maximum Gasteiger partial charge on any atom is 0.391 e. The monoisotopic (exact) mass is 305 g/mol. The van der Waals surface area contributed by atoms with Crippen LogP contribution in [0.4, 0.5) is 13.2 Å². The van der Waals surface area contributed by atoms with E-state index in [0.717, 1.165) is 11.3 Å². The molecule has 0 saturated heterocycles. The van der Waals surface area contributed by atoms with E-state index >= 15 is 0 Å². The lowest BCUT2D eigenvalue weighted by Gasteiger charge is -2.29. The number of methoxy groups -OCH3 is 1. The van der Waals surface area contributed by atoms with Crippen molar-refractivity contribution in [2.45, 2.75) is 38.3 Å². The minimum absolute atomic E-state index is 0.00122. The van der Waals surface area contributed by atoms with Crippen molar-refractivity contribution in [3.63, 3.8) is 0 Å². The van der Waals surface area contributed by atoms with Gasteiger partial charge in [-0.15, -0.1) is 0 Å². The van der Waals surface area contributed by atoms with E-state index in [9.17, 15) is 18.3 Å². The molecule has 0 fully saturated rings. The summed E-state index contributed by atoms with van der Waals surface area (Å²) in [7, 11) is 1.56. The Hall–Kier alpha value is -1.25. The van der Waals surface area contributed by atoms with E-state index in [4.69, 9.17) is 4.74 Å². The highest BCUT2D eigenvalue weighted by Gasteiger charge is 2.32. The highest BCUT2D eigenvalue weighted by molar-refractivity contribution is 5.20. The molecule has 21 heavy (non-hydrogen) atoms. The molecule has 0 spiro atoms. The molecule has 2 heterocycles. The molecule has 118 valence electrons. The molecule has 1 aliphatic heterocycles. The number of β-amino-alcohol motifs (C(OH)–C–C–N with tert-alkyl or cyclic N) is 1. The van der Waals surface area contributed by atoms with Gasteiger partial charge in [-0.05, 0) is 0 Å². The SMILES string of the molecule is COCc1ncc2c(n1)CCN(CC(O)CC(F)(F)F)C2. The van der Waals surface area contributed by atoms with Gasteiger partial charge in [0.25, 0.3) is 0 Å². The fourth-order valence-electron chi connectivity index (χ4n) is 2.40. The lowest BCUT2D eigenvalue weighted by Crippen LogP contribution is -2.38. The zero-order valence-electron chi connectivity index (χ0n) is 11.7. The van der Waals surface area contributed by atoms with Gasteiger partial charge >= 0.3 is 6.18 Å². The van der Waals surface area contributed by atoms with Gasteiger partial charge in [-0.1, -0.05) is 0 Å². The van der Waals surface area contributed by atoms with E-state index in [1.54, 1.807) is 18.2 Å². The van der Waals surface area contributed by atoms with Gasteiger partial charge in [-0.25, -0.2) is 9.97 Å². The molecule has 1 atom stereocenters. The summed E-state index contributed by atoms with van der Waals surface area (Å²) in [5, 5.41) is 9.49. The second-order valence-electron chi connectivity index (χ2n) is 5.15. The molecule has 1 aliphatic rings. The molecule has 0 bridgehead atoms. The van der Waals surface area contributed by atoms with E-state index in [1.165, 1.54) is 0 Å². The Balaban J connectivity index is 1.93. The smallest absolute Gasteiger partial charge is 0.391 e. The summed E-state index contributed by atoms with van der Waals surface area (Å²) < 4.78 is 41.6. The molecular weight excluding hydrogens is 287 g/mol. The number of aliphatic hydroxyl groups is 1. The van der Waals surface area contributed by atoms with Gasteiger partial charge in [0.2, 0.25) is 0 Å². The van der Waals surface area contributed by atoms with Crippen LogP contribution in [0.5, 0.6) is 0 Å². The summed E-state index contributed by atoms with van der Waals surface area (Å²) in [6, 6.07) is 0. The first-order valence-electron chi connectivity index (χ1n) is 6.67. The van der Waals surface area contributed by atoms with Crippen molar-refractivity contribution in [1.82, 2.24) is 14.9 Å². The van der Waals surface area contributed by atoms with E-state index < -0.39 is 18.7 Å². The molecule has 0 aromatic carbocycles. The standard InChI is InChI=1S/C13H18F3N3O2/c1-21-8-12-17-5-9-6-19(3-2-11(9)18-12)7-10(20)4-13(14,15)16/h5,10,20H,2-4,6-8H2,1H3. The third kappa shape index (κ3) is 4.90. The van der Waals surface area contributed by atoms with Crippen molar-refractivity contribution < 1.29 is 23.0 Å². The van der Waals surface area contributed by atoms with E-state index in [2.05, 4.69) is 9.97 Å². The zero-order valence-corrected chi connectivity index (χ0v) is 11.7. The molecule has 0 radical (unpaired) electrons. The maximum absolute atomic E-state index is 12.2. The molecular formula is C13H18F3N3O2. The van der Waals surface area contributed by atoms with Gasteiger partial charge < -0.3 is 9.84 Å². The summed E-state index contributed by atoms with van der Waals surface area (Å²) in [4.78, 5) is 10.3. The van der Waals surface area contributed by atoms with Crippen molar-refractivity contribution in [3.8, 4) is 0 Å².